The third-order valence-electron chi connectivity index (χ3n) is 4.01. The minimum absolute atomic E-state index is 0.393. The predicted octanol–water partition coefficient (Wildman–Crippen LogP) is 0.931. The maximum Gasteiger partial charge on any atom is 0.148 e. The van der Waals surface area contributed by atoms with Crippen molar-refractivity contribution < 1.29 is 0 Å². The van der Waals surface area contributed by atoms with Gasteiger partial charge in [-0.2, -0.15) is 0 Å². The molecule has 98 valence electrons. The van der Waals surface area contributed by atoms with Crippen LogP contribution in [0.4, 0.5) is 5.82 Å². The second-order valence-corrected chi connectivity index (χ2v) is 5.17. The van der Waals surface area contributed by atoms with Crippen molar-refractivity contribution in [3.63, 3.8) is 0 Å². The molecule has 2 aliphatic heterocycles. The molecule has 5 nitrogen and oxygen atoms in total. The monoisotopic (exact) mass is 247 g/mol. The fourth-order valence-corrected chi connectivity index (χ4v) is 2.97. The molecule has 18 heavy (non-hydrogen) atoms. The average molecular weight is 247 g/mol. The van der Waals surface area contributed by atoms with Gasteiger partial charge < -0.3 is 10.6 Å². The lowest BCUT2D eigenvalue weighted by Gasteiger charge is -2.23. The molecular formula is C13H21N5. The molecule has 0 radical (unpaired) electrons. The van der Waals surface area contributed by atoms with E-state index >= 15 is 0 Å². The van der Waals surface area contributed by atoms with Gasteiger partial charge in [0.25, 0.3) is 0 Å². The molecule has 0 aromatic carbocycles. The zero-order chi connectivity index (χ0) is 12.5. The average Bonchev–Trinajstić information content (AvgIpc) is 2.83. The van der Waals surface area contributed by atoms with Crippen LogP contribution in [0.25, 0.3) is 0 Å². The van der Waals surface area contributed by atoms with E-state index in [1.54, 1.807) is 0 Å². The second-order valence-electron chi connectivity index (χ2n) is 5.17. The van der Waals surface area contributed by atoms with Crippen molar-refractivity contribution in [2.75, 3.05) is 32.5 Å². The molecule has 3 heterocycles. The number of fused-ring (bicyclic) bond motifs is 1. The van der Waals surface area contributed by atoms with Gasteiger partial charge in [-0.1, -0.05) is 0 Å². The van der Waals surface area contributed by atoms with Gasteiger partial charge in [-0.25, -0.2) is 9.97 Å². The molecule has 1 aromatic rings. The molecule has 0 spiro atoms. The molecule has 0 bridgehead atoms. The van der Waals surface area contributed by atoms with Crippen LogP contribution in [-0.4, -0.2) is 42.1 Å². The third-order valence-corrected chi connectivity index (χ3v) is 4.01. The Hall–Kier alpha value is -1.20. The smallest absolute Gasteiger partial charge is 0.148 e. The van der Waals surface area contributed by atoms with Crippen molar-refractivity contribution in [1.82, 2.24) is 20.2 Å². The Morgan fingerprint density at radius 1 is 1.39 bits per heavy atom. The van der Waals surface area contributed by atoms with Crippen LogP contribution in [-0.2, 0) is 13.0 Å². The first-order valence-corrected chi connectivity index (χ1v) is 6.78. The van der Waals surface area contributed by atoms with Crippen molar-refractivity contribution >= 4 is 5.82 Å². The van der Waals surface area contributed by atoms with Gasteiger partial charge >= 0.3 is 0 Å². The van der Waals surface area contributed by atoms with Gasteiger partial charge in [-0.05, 0) is 39.4 Å². The SMILES string of the molecule is CNc1nc(C2CCCN2C)nc2c1CCNC2. The van der Waals surface area contributed by atoms with Crippen molar-refractivity contribution in [2.24, 2.45) is 0 Å². The summed E-state index contributed by atoms with van der Waals surface area (Å²) in [5.41, 5.74) is 2.47. The number of hydrogen-bond donors (Lipinski definition) is 2. The molecule has 3 rings (SSSR count). The van der Waals surface area contributed by atoms with Gasteiger partial charge in [0.05, 0.1) is 11.7 Å². The summed E-state index contributed by atoms with van der Waals surface area (Å²) in [7, 11) is 4.12. The first-order valence-electron chi connectivity index (χ1n) is 6.78. The molecule has 0 saturated carbocycles. The molecule has 1 saturated heterocycles. The van der Waals surface area contributed by atoms with Gasteiger partial charge in [0, 0.05) is 19.2 Å². The number of anilines is 1. The topological polar surface area (TPSA) is 53.1 Å². The van der Waals surface area contributed by atoms with Crippen LogP contribution in [0.2, 0.25) is 0 Å². The van der Waals surface area contributed by atoms with Gasteiger partial charge in [0.2, 0.25) is 0 Å². The zero-order valence-electron chi connectivity index (χ0n) is 11.2. The van der Waals surface area contributed by atoms with Gasteiger partial charge in [-0.3, -0.25) is 4.90 Å². The van der Waals surface area contributed by atoms with Gasteiger partial charge in [0.1, 0.15) is 11.6 Å². The van der Waals surface area contributed by atoms with Crippen LogP contribution in [0.5, 0.6) is 0 Å². The molecule has 1 atom stereocenters. The highest BCUT2D eigenvalue weighted by atomic mass is 15.2. The molecule has 1 fully saturated rings. The number of hydrogen-bond acceptors (Lipinski definition) is 5. The van der Waals surface area contributed by atoms with Gasteiger partial charge in [0.15, 0.2) is 0 Å². The van der Waals surface area contributed by atoms with Crippen molar-refractivity contribution in [3.8, 4) is 0 Å². The molecule has 1 aromatic heterocycles. The lowest BCUT2D eigenvalue weighted by Crippen LogP contribution is -2.28. The first-order chi connectivity index (χ1) is 8.79. The predicted molar refractivity (Wildman–Crippen MR) is 71.6 cm³/mol. The lowest BCUT2D eigenvalue weighted by atomic mass is 10.1. The fraction of sp³-hybridized carbons (Fsp3) is 0.692. The van der Waals surface area contributed by atoms with Gasteiger partial charge in [-0.15, -0.1) is 0 Å². The molecule has 0 aliphatic carbocycles. The van der Waals surface area contributed by atoms with E-state index in [1.807, 2.05) is 7.05 Å². The largest absolute Gasteiger partial charge is 0.373 e. The van der Waals surface area contributed by atoms with Crippen LogP contribution in [0.15, 0.2) is 0 Å². The summed E-state index contributed by atoms with van der Waals surface area (Å²) in [5.74, 6) is 2.01. The summed E-state index contributed by atoms with van der Waals surface area (Å²) in [6.45, 7) is 3.04. The Balaban J connectivity index is 2.00. The van der Waals surface area contributed by atoms with Crippen LogP contribution in [0, 0.1) is 0 Å². The number of likely N-dealkylation sites (tertiary alicyclic amines) is 1. The summed E-state index contributed by atoms with van der Waals surface area (Å²) in [6, 6.07) is 0.393. The summed E-state index contributed by atoms with van der Waals surface area (Å²) < 4.78 is 0. The van der Waals surface area contributed by atoms with E-state index in [2.05, 4.69) is 22.6 Å². The second kappa shape index (κ2) is 4.82. The summed E-state index contributed by atoms with van der Waals surface area (Å²) in [4.78, 5) is 11.9. The van der Waals surface area contributed by atoms with Crippen molar-refractivity contribution in [2.45, 2.75) is 31.8 Å². The normalized spacial score (nSPS) is 24.0. The Labute approximate surface area is 108 Å². The van der Waals surface area contributed by atoms with E-state index in [1.165, 1.54) is 24.1 Å². The summed E-state index contributed by atoms with van der Waals surface area (Å²) in [5, 5.41) is 6.63. The maximum atomic E-state index is 4.80. The standard InChI is InChI=1S/C13H21N5/c1-14-12-9-5-6-15-8-10(9)16-13(17-12)11-4-3-7-18(11)2/h11,15H,3-8H2,1-2H3,(H,14,16,17). The van der Waals surface area contributed by atoms with E-state index in [0.29, 0.717) is 6.04 Å². The molecule has 2 N–H and O–H groups in total. The van der Waals surface area contributed by atoms with Crippen LogP contribution in [0.3, 0.4) is 0 Å². The van der Waals surface area contributed by atoms with Crippen LogP contribution >= 0.6 is 0 Å². The maximum absolute atomic E-state index is 4.80. The Morgan fingerprint density at radius 2 is 2.28 bits per heavy atom. The van der Waals surface area contributed by atoms with E-state index in [9.17, 15) is 0 Å². The minimum Gasteiger partial charge on any atom is -0.373 e. The summed E-state index contributed by atoms with van der Waals surface area (Å²) in [6.07, 6.45) is 3.44. The van der Waals surface area contributed by atoms with Crippen LogP contribution in [0.1, 0.15) is 36.0 Å². The Morgan fingerprint density at radius 3 is 3.00 bits per heavy atom. The molecule has 1 unspecified atom stereocenters. The number of aromatic nitrogens is 2. The highest BCUT2D eigenvalue weighted by Crippen LogP contribution is 2.30. The first kappa shape index (κ1) is 11.9. The quantitative estimate of drug-likeness (QED) is 0.814. The molecule has 5 heteroatoms. The number of rotatable bonds is 2. The van der Waals surface area contributed by atoms with E-state index in [4.69, 9.17) is 9.97 Å². The van der Waals surface area contributed by atoms with E-state index in [0.717, 1.165) is 37.7 Å². The Kier molecular flexibility index (Phi) is 3.18. The summed E-state index contributed by atoms with van der Waals surface area (Å²) >= 11 is 0. The third kappa shape index (κ3) is 1.97. The molecular weight excluding hydrogens is 226 g/mol. The van der Waals surface area contributed by atoms with Crippen molar-refractivity contribution in [1.29, 1.82) is 0 Å². The Bertz CT molecular complexity index is 428. The van der Waals surface area contributed by atoms with Crippen molar-refractivity contribution in [3.05, 3.63) is 17.1 Å². The minimum atomic E-state index is 0.393. The highest BCUT2D eigenvalue weighted by Gasteiger charge is 2.27. The highest BCUT2D eigenvalue weighted by molar-refractivity contribution is 5.47. The van der Waals surface area contributed by atoms with E-state index in [-0.39, 0.29) is 0 Å². The fourth-order valence-electron chi connectivity index (χ4n) is 2.97. The number of nitrogens with one attached hydrogen (secondary N) is 2. The van der Waals surface area contributed by atoms with E-state index < -0.39 is 0 Å². The molecule has 2 aliphatic rings. The molecule has 0 amide bonds. The zero-order valence-corrected chi connectivity index (χ0v) is 11.2. The van der Waals surface area contributed by atoms with Crippen LogP contribution < -0.4 is 10.6 Å². The number of nitrogens with zero attached hydrogens (tertiary/aromatic N) is 3. The lowest BCUT2D eigenvalue weighted by molar-refractivity contribution is 0.305.